The van der Waals surface area contributed by atoms with E-state index in [2.05, 4.69) is 146 Å². The quantitative estimate of drug-likeness (QED) is 0.120. The molecular formula is C42H44CoO6P2. The molecule has 0 spiro atoms. The van der Waals surface area contributed by atoms with Gasteiger partial charge < -0.3 is 0 Å². The van der Waals surface area contributed by atoms with Gasteiger partial charge in [-0.25, -0.2) is 0 Å². The van der Waals surface area contributed by atoms with Crippen molar-refractivity contribution in [1.82, 2.24) is 0 Å². The molecule has 6 nitrogen and oxygen atoms in total. The van der Waals surface area contributed by atoms with Crippen LogP contribution >= 0.6 is 12.0 Å². The Bertz CT molecular complexity index is 1620. The summed E-state index contributed by atoms with van der Waals surface area (Å²) in [6, 6.07) is 52.0. The molecule has 0 aliphatic heterocycles. The first kappa shape index (κ1) is 36.3. The second kappa shape index (κ2) is 16.2. The van der Waals surface area contributed by atoms with E-state index in [0.717, 1.165) is 34.5 Å². The summed E-state index contributed by atoms with van der Waals surface area (Å²) in [7, 11) is 10.2. The van der Waals surface area contributed by atoms with E-state index in [1.54, 1.807) is 42.7 Å². The van der Waals surface area contributed by atoms with E-state index >= 15 is 0 Å². The minimum atomic E-state index is -3.01. The van der Waals surface area contributed by atoms with E-state index in [9.17, 15) is 0 Å². The molecule has 0 saturated heterocycles. The fraction of sp³-hybridized carbons (Fsp3) is 0.143. The van der Waals surface area contributed by atoms with E-state index in [1.165, 1.54) is 45.6 Å². The summed E-state index contributed by atoms with van der Waals surface area (Å²) in [5.41, 5.74) is 0. The predicted octanol–water partition coefficient (Wildman–Crippen LogP) is 6.40. The van der Waals surface area contributed by atoms with Crippen molar-refractivity contribution in [2.75, 3.05) is 42.7 Å². The molecule has 0 saturated carbocycles. The van der Waals surface area contributed by atoms with E-state index in [0.29, 0.717) is 0 Å². The van der Waals surface area contributed by atoms with Crippen LogP contribution in [0.5, 0.6) is 34.5 Å². The van der Waals surface area contributed by atoms with E-state index in [4.69, 9.17) is 28.4 Å². The maximum atomic E-state index is 5.68. The molecule has 0 atom stereocenters. The molecule has 51 heavy (non-hydrogen) atoms. The van der Waals surface area contributed by atoms with Gasteiger partial charge in [0.25, 0.3) is 0 Å². The van der Waals surface area contributed by atoms with Gasteiger partial charge in [0.05, 0.1) is 0 Å². The third-order valence-corrected chi connectivity index (χ3v) is 30.2. The van der Waals surface area contributed by atoms with Crippen LogP contribution < -0.4 is 60.2 Å². The van der Waals surface area contributed by atoms with E-state index in [1.807, 2.05) is 0 Å². The minimum absolute atomic E-state index is 0.811. The van der Waals surface area contributed by atoms with E-state index in [-0.39, 0.29) is 0 Å². The normalized spacial score (nSPS) is 12.1. The summed E-state index contributed by atoms with van der Waals surface area (Å²) in [5.74, 6) is -1.15. The molecular weight excluding hydrogens is 721 g/mol. The number of methoxy groups -OCH3 is 6. The zero-order valence-corrected chi connectivity index (χ0v) is 32.7. The van der Waals surface area contributed by atoms with Crippen LogP contribution in [0.4, 0.5) is 0 Å². The number of hydrogen-bond acceptors (Lipinski definition) is 6. The van der Waals surface area contributed by atoms with Gasteiger partial charge in [0.1, 0.15) is 0 Å². The first-order valence-electron chi connectivity index (χ1n) is 16.4. The molecule has 0 aliphatic carbocycles. The molecule has 6 aromatic rings. The summed E-state index contributed by atoms with van der Waals surface area (Å²) in [6.45, 7) is 0. The van der Waals surface area contributed by atoms with Gasteiger partial charge in [0, 0.05) is 0 Å². The van der Waals surface area contributed by atoms with Gasteiger partial charge in [-0.05, 0) is 0 Å². The third-order valence-electron chi connectivity index (χ3n) is 9.10. The first-order chi connectivity index (χ1) is 24.9. The number of rotatable bonds is 14. The molecule has 0 heterocycles. The Kier molecular flexibility index (Phi) is 11.5. The van der Waals surface area contributed by atoms with Crippen molar-refractivity contribution in [1.29, 1.82) is 0 Å². The summed E-state index contributed by atoms with van der Waals surface area (Å²) in [4.78, 5) is 0. The Morgan fingerprint density at radius 3 is 0.510 bits per heavy atom. The maximum absolute atomic E-state index is 5.68. The van der Waals surface area contributed by atoms with Crippen LogP contribution in [0.1, 0.15) is 0 Å². The molecule has 267 valence electrons. The fourth-order valence-corrected chi connectivity index (χ4v) is 32.3. The zero-order chi connectivity index (χ0) is 35.8. The molecule has 9 heteroatoms. The molecule has 0 amide bonds. The van der Waals surface area contributed by atoms with Crippen molar-refractivity contribution in [3.63, 3.8) is 0 Å². The van der Waals surface area contributed by atoms with Crippen molar-refractivity contribution in [3.8, 4) is 34.5 Å². The van der Waals surface area contributed by atoms with Crippen molar-refractivity contribution in [2.45, 2.75) is 0 Å². The first-order valence-corrected chi connectivity index (χ1v) is 23.2. The van der Waals surface area contributed by atoms with Crippen LogP contribution in [-0.2, 0) is 13.8 Å². The third kappa shape index (κ3) is 7.18. The van der Waals surface area contributed by atoms with Crippen molar-refractivity contribution < 1.29 is 42.2 Å². The Labute approximate surface area is 307 Å². The molecule has 0 aliphatic rings. The summed E-state index contributed by atoms with van der Waals surface area (Å²) < 4.78 is 34.1. The van der Waals surface area contributed by atoms with Gasteiger partial charge in [-0.1, -0.05) is 0 Å². The van der Waals surface area contributed by atoms with Crippen molar-refractivity contribution >= 4 is 43.8 Å². The van der Waals surface area contributed by atoms with Gasteiger partial charge >= 0.3 is 309 Å². The summed E-state index contributed by atoms with van der Waals surface area (Å²) >= 11 is 1.33. The van der Waals surface area contributed by atoms with Crippen LogP contribution in [0.15, 0.2) is 146 Å². The molecule has 0 unspecified atom stereocenters. The Morgan fingerprint density at radius 2 is 0.392 bits per heavy atom. The van der Waals surface area contributed by atoms with Crippen LogP contribution in [-0.4, -0.2) is 42.7 Å². The van der Waals surface area contributed by atoms with Gasteiger partial charge in [-0.3, -0.25) is 0 Å². The summed E-state index contributed by atoms with van der Waals surface area (Å²) in [6.07, 6.45) is 0. The van der Waals surface area contributed by atoms with Gasteiger partial charge in [-0.15, -0.1) is 0 Å². The van der Waals surface area contributed by atoms with E-state index < -0.39 is 12.0 Å². The van der Waals surface area contributed by atoms with Gasteiger partial charge in [-0.2, -0.15) is 0 Å². The SMILES string of the molecule is COc1ccc([PH]([Co][PH](c2ccc(OC)cc2)(c2ccc(OC)cc2)c2ccc(OC)cc2)(c2ccc(OC)cc2)c2ccc(OC)cc2)cc1. The standard InChI is InChI=1S/2C21H21O3P.Co/c2*1-22-16-4-10-19(11-5-16)25(20-12-6-17(23-2)7-13-20)21-14-8-18(24-3)9-15-21;/h2*4-15H,1-3H3;/q;;-2/p+2. The van der Waals surface area contributed by atoms with Crippen LogP contribution in [0.2, 0.25) is 0 Å². The zero-order valence-electron chi connectivity index (χ0n) is 29.6. The Hall–Kier alpha value is -4.51. The average molecular weight is 766 g/mol. The molecule has 0 fully saturated rings. The Morgan fingerprint density at radius 1 is 0.255 bits per heavy atom. The molecule has 0 bridgehead atoms. The summed E-state index contributed by atoms with van der Waals surface area (Å²) in [5, 5.41) is 7.53. The topological polar surface area (TPSA) is 55.4 Å². The molecule has 6 rings (SSSR count). The van der Waals surface area contributed by atoms with Gasteiger partial charge in [0.15, 0.2) is 0 Å². The van der Waals surface area contributed by atoms with Crippen molar-refractivity contribution in [2.24, 2.45) is 0 Å². The van der Waals surface area contributed by atoms with Gasteiger partial charge in [0.2, 0.25) is 0 Å². The number of ether oxygens (including phenoxy) is 6. The van der Waals surface area contributed by atoms with Crippen LogP contribution in [0.25, 0.3) is 0 Å². The number of benzene rings is 6. The average Bonchev–Trinajstić information content (AvgIpc) is 3.22. The van der Waals surface area contributed by atoms with Crippen LogP contribution in [0, 0.1) is 0 Å². The Balaban J connectivity index is 1.77. The molecule has 0 radical (unpaired) electrons. The molecule has 6 aromatic carbocycles. The van der Waals surface area contributed by atoms with Crippen LogP contribution in [0.3, 0.4) is 0 Å². The number of hydrogen-bond donors (Lipinski definition) is 0. The fourth-order valence-electron chi connectivity index (χ4n) is 6.36. The second-order valence-electron chi connectivity index (χ2n) is 11.7. The molecule has 0 N–H and O–H groups in total. The van der Waals surface area contributed by atoms with Crippen molar-refractivity contribution in [3.05, 3.63) is 146 Å². The second-order valence-corrected chi connectivity index (χ2v) is 25.4. The monoisotopic (exact) mass is 765 g/mol. The predicted molar refractivity (Wildman–Crippen MR) is 212 cm³/mol. The molecule has 0 aromatic heterocycles.